The molecule has 1 aliphatic carbocycles. The predicted molar refractivity (Wildman–Crippen MR) is 137 cm³/mol. The molecule has 1 saturated carbocycles. The number of benzene rings is 1. The average molecular weight is 496 g/mol. The Balaban J connectivity index is 1.27. The van der Waals surface area contributed by atoms with Crippen LogP contribution in [0.3, 0.4) is 0 Å². The van der Waals surface area contributed by atoms with Crippen LogP contribution in [0.4, 0.5) is 10.5 Å². The number of imide groups is 1. The normalized spacial score (nSPS) is 26.0. The van der Waals surface area contributed by atoms with E-state index in [4.69, 9.17) is 9.84 Å². The molecule has 194 valence electrons. The van der Waals surface area contributed by atoms with E-state index in [0.29, 0.717) is 24.8 Å². The van der Waals surface area contributed by atoms with E-state index in [-0.39, 0.29) is 23.3 Å². The quantitative estimate of drug-likeness (QED) is 0.625. The van der Waals surface area contributed by atoms with Gasteiger partial charge >= 0.3 is 6.09 Å². The van der Waals surface area contributed by atoms with E-state index in [9.17, 15) is 14.4 Å². The lowest BCUT2D eigenvalue weighted by Crippen LogP contribution is -2.62. The molecule has 3 heterocycles. The molecule has 9 nitrogen and oxygen atoms in total. The Kier molecular flexibility index (Phi) is 6.00. The van der Waals surface area contributed by atoms with Crippen LogP contribution in [0.15, 0.2) is 18.2 Å². The number of fused-ring (bicyclic) bond motifs is 1. The van der Waals surface area contributed by atoms with Gasteiger partial charge in [0.25, 0.3) is 0 Å². The van der Waals surface area contributed by atoms with Crippen LogP contribution >= 0.6 is 0 Å². The van der Waals surface area contributed by atoms with Gasteiger partial charge in [-0.05, 0) is 58.4 Å². The molecule has 2 aromatic rings. The molecule has 36 heavy (non-hydrogen) atoms. The number of nitrogens with one attached hydrogen (secondary N) is 2. The van der Waals surface area contributed by atoms with Gasteiger partial charge in [0.05, 0.1) is 22.8 Å². The van der Waals surface area contributed by atoms with Gasteiger partial charge in [-0.1, -0.05) is 19.1 Å². The zero-order valence-electron chi connectivity index (χ0n) is 21.9. The molecule has 2 aliphatic heterocycles. The Morgan fingerprint density at radius 1 is 1.22 bits per heavy atom. The molecule has 1 unspecified atom stereocenters. The van der Waals surface area contributed by atoms with Crippen LogP contribution in [0.1, 0.15) is 71.4 Å². The van der Waals surface area contributed by atoms with Gasteiger partial charge in [0.1, 0.15) is 5.60 Å². The Hall–Kier alpha value is -3.10. The average Bonchev–Trinajstić information content (AvgIpc) is 3.09. The number of aryl methyl sites for hydroxylation is 1. The second-order valence-electron chi connectivity index (χ2n) is 12.0. The van der Waals surface area contributed by atoms with E-state index in [1.165, 1.54) is 0 Å². The first kappa shape index (κ1) is 24.6. The second-order valence-corrected chi connectivity index (χ2v) is 12.0. The molecule has 2 saturated heterocycles. The van der Waals surface area contributed by atoms with E-state index in [0.717, 1.165) is 54.6 Å². The maximum Gasteiger partial charge on any atom is 0.410 e. The van der Waals surface area contributed by atoms with Gasteiger partial charge in [-0.25, -0.2) is 4.79 Å². The third-order valence-electron chi connectivity index (χ3n) is 7.94. The fourth-order valence-electron chi connectivity index (χ4n) is 6.29. The van der Waals surface area contributed by atoms with Crippen molar-refractivity contribution in [3.05, 3.63) is 23.9 Å². The van der Waals surface area contributed by atoms with Gasteiger partial charge < -0.3 is 15.0 Å². The molecule has 9 heteroatoms. The number of para-hydroxylation sites is 1. The zero-order chi connectivity index (χ0) is 25.8. The van der Waals surface area contributed by atoms with E-state index in [2.05, 4.69) is 23.6 Å². The molecular weight excluding hydrogens is 458 g/mol. The number of aromatic nitrogens is 2. The van der Waals surface area contributed by atoms with Crippen LogP contribution in [0.25, 0.3) is 10.9 Å². The summed E-state index contributed by atoms with van der Waals surface area (Å²) in [7, 11) is 1.90. The van der Waals surface area contributed by atoms with Crippen molar-refractivity contribution in [3.63, 3.8) is 0 Å². The number of carbonyl (C=O) groups excluding carboxylic acids is 3. The first-order chi connectivity index (χ1) is 16.9. The Morgan fingerprint density at radius 3 is 2.64 bits per heavy atom. The van der Waals surface area contributed by atoms with Gasteiger partial charge in [-0.2, -0.15) is 5.10 Å². The third-order valence-corrected chi connectivity index (χ3v) is 7.94. The molecule has 1 aromatic carbocycles. The van der Waals surface area contributed by atoms with Crippen LogP contribution < -0.4 is 10.6 Å². The molecule has 3 aliphatic rings. The molecule has 3 amide bonds. The van der Waals surface area contributed by atoms with Gasteiger partial charge in [0.2, 0.25) is 11.8 Å². The van der Waals surface area contributed by atoms with Gasteiger partial charge in [-0.3, -0.25) is 19.6 Å². The molecular formula is C27H37N5O4. The third kappa shape index (κ3) is 4.55. The summed E-state index contributed by atoms with van der Waals surface area (Å²) >= 11 is 0. The number of anilines is 1. The molecule has 3 fully saturated rings. The fraction of sp³-hybridized carbons (Fsp3) is 0.630. The summed E-state index contributed by atoms with van der Waals surface area (Å²) < 4.78 is 7.38. The number of rotatable bonds is 3. The zero-order valence-corrected chi connectivity index (χ0v) is 21.9. The monoisotopic (exact) mass is 495 g/mol. The number of piperidine rings is 1. The molecule has 1 aromatic heterocycles. The van der Waals surface area contributed by atoms with Crippen LogP contribution in [0.5, 0.6) is 0 Å². The fourth-order valence-corrected chi connectivity index (χ4v) is 6.29. The summed E-state index contributed by atoms with van der Waals surface area (Å²) in [5.41, 5.74) is 2.43. The smallest absolute Gasteiger partial charge is 0.410 e. The maximum atomic E-state index is 12.5. The van der Waals surface area contributed by atoms with E-state index >= 15 is 0 Å². The van der Waals surface area contributed by atoms with Crippen LogP contribution in [-0.2, 0) is 21.4 Å². The molecule has 0 radical (unpaired) electrons. The largest absolute Gasteiger partial charge is 0.444 e. The highest BCUT2D eigenvalue weighted by molar-refractivity contribution is 6.03. The highest BCUT2D eigenvalue weighted by atomic mass is 16.6. The minimum Gasteiger partial charge on any atom is -0.444 e. The van der Waals surface area contributed by atoms with Crippen LogP contribution in [0.2, 0.25) is 0 Å². The summed E-state index contributed by atoms with van der Waals surface area (Å²) in [6, 6.07) is 6.39. The predicted octanol–water partition coefficient (Wildman–Crippen LogP) is 3.93. The van der Waals surface area contributed by atoms with Crippen molar-refractivity contribution in [1.29, 1.82) is 0 Å². The molecule has 3 atom stereocenters. The molecule has 2 N–H and O–H groups in total. The number of ether oxygens (including phenoxy) is 1. The van der Waals surface area contributed by atoms with Crippen molar-refractivity contribution in [1.82, 2.24) is 20.0 Å². The molecule has 5 rings (SSSR count). The van der Waals surface area contributed by atoms with E-state index in [1.54, 1.807) is 0 Å². The first-order valence-corrected chi connectivity index (χ1v) is 13.0. The summed E-state index contributed by atoms with van der Waals surface area (Å²) in [5.74, 6) is -0.459. The molecule has 1 spiro atoms. The van der Waals surface area contributed by atoms with Crippen molar-refractivity contribution in [2.24, 2.45) is 18.4 Å². The number of hydrogen-bond donors (Lipinski definition) is 2. The van der Waals surface area contributed by atoms with Gasteiger partial charge in [0, 0.05) is 43.4 Å². The van der Waals surface area contributed by atoms with Crippen LogP contribution in [0, 0.1) is 11.3 Å². The second kappa shape index (κ2) is 8.78. The summed E-state index contributed by atoms with van der Waals surface area (Å²) in [6.07, 6.45) is 3.76. The minimum absolute atomic E-state index is 0.186. The number of hydrogen-bond acceptors (Lipinski definition) is 6. The van der Waals surface area contributed by atoms with Crippen molar-refractivity contribution in [2.75, 3.05) is 18.4 Å². The van der Waals surface area contributed by atoms with Gasteiger partial charge in [-0.15, -0.1) is 0 Å². The van der Waals surface area contributed by atoms with Crippen molar-refractivity contribution < 1.29 is 19.1 Å². The maximum absolute atomic E-state index is 12.5. The van der Waals surface area contributed by atoms with E-state index in [1.807, 2.05) is 49.5 Å². The Morgan fingerprint density at radius 2 is 1.97 bits per heavy atom. The number of likely N-dealkylation sites (tertiary alicyclic amines) is 1. The minimum atomic E-state index is -0.473. The lowest BCUT2D eigenvalue weighted by atomic mass is 9.64. The number of amides is 3. The van der Waals surface area contributed by atoms with Crippen molar-refractivity contribution in [2.45, 2.75) is 77.4 Å². The van der Waals surface area contributed by atoms with Crippen molar-refractivity contribution >= 4 is 34.5 Å². The summed E-state index contributed by atoms with van der Waals surface area (Å²) in [5, 5.41) is 11.9. The Labute approximate surface area is 211 Å². The highest BCUT2D eigenvalue weighted by Crippen LogP contribution is 2.47. The molecule has 0 bridgehead atoms. The van der Waals surface area contributed by atoms with Crippen LogP contribution in [-0.4, -0.2) is 57.3 Å². The van der Waals surface area contributed by atoms with Crippen molar-refractivity contribution in [3.8, 4) is 0 Å². The SMILES string of the molecule is C[C@@H]1CC2(CC[C@H]1Nc1cccc3c(C4CCC(=O)NC4=O)nn(C)c13)CN(C(=O)OC(C)(C)C)C2. The summed E-state index contributed by atoms with van der Waals surface area (Å²) in [4.78, 5) is 38.3. The Bertz CT molecular complexity index is 1210. The lowest BCUT2D eigenvalue weighted by molar-refractivity contribution is -0.134. The standard InChI is InChI=1S/C27H37N5O4/c1-16-13-27(14-32(15-27)25(35)36-26(2,3)4)12-11-19(16)28-20-8-6-7-17-22(30-31(5)23(17)20)18-9-10-21(33)29-24(18)34/h6-8,16,18-19,28H,9-15H2,1-5H3,(H,29,33,34)/t16-,18?,19-/m1/s1. The highest BCUT2D eigenvalue weighted by Gasteiger charge is 2.50. The number of carbonyl (C=O) groups is 3. The van der Waals surface area contributed by atoms with Gasteiger partial charge in [0.15, 0.2) is 0 Å². The summed E-state index contributed by atoms with van der Waals surface area (Å²) in [6.45, 7) is 9.52. The number of nitrogens with zero attached hydrogens (tertiary/aromatic N) is 3. The van der Waals surface area contributed by atoms with E-state index < -0.39 is 11.5 Å². The lowest BCUT2D eigenvalue weighted by Gasteiger charge is -2.55. The first-order valence-electron chi connectivity index (χ1n) is 13.0. The topological polar surface area (TPSA) is 106 Å².